The van der Waals surface area contributed by atoms with E-state index >= 15 is 0 Å². The lowest BCUT2D eigenvalue weighted by molar-refractivity contribution is -0.155. The summed E-state index contributed by atoms with van der Waals surface area (Å²) in [7, 11) is 0. The minimum atomic E-state index is -4.94. The lowest BCUT2D eigenvalue weighted by atomic mass is 9.78. The molecule has 0 unspecified atom stereocenters. The van der Waals surface area contributed by atoms with Crippen LogP contribution in [0.4, 0.5) is 19.1 Å². The van der Waals surface area contributed by atoms with Crippen LogP contribution >= 0.6 is 11.9 Å². The van der Waals surface area contributed by atoms with Gasteiger partial charge in [0.2, 0.25) is 5.95 Å². The van der Waals surface area contributed by atoms with Gasteiger partial charge in [0.1, 0.15) is 22.5 Å². The molecule has 1 aromatic heterocycles. The van der Waals surface area contributed by atoms with Gasteiger partial charge in [-0.25, -0.2) is 14.8 Å². The van der Waals surface area contributed by atoms with E-state index in [-0.39, 0.29) is 17.3 Å². The van der Waals surface area contributed by atoms with E-state index < -0.39 is 34.6 Å². The highest BCUT2D eigenvalue weighted by molar-refractivity contribution is 8.00. The number of rotatable bonds is 11. The lowest BCUT2D eigenvalue weighted by Gasteiger charge is -2.35. The molecule has 0 aliphatic carbocycles. The lowest BCUT2D eigenvalue weighted by Crippen LogP contribution is -2.35. The summed E-state index contributed by atoms with van der Waals surface area (Å²) in [6.07, 6.45) is -2.69. The third-order valence-electron chi connectivity index (χ3n) is 5.10. The monoisotopic (exact) mass is 557 g/mol. The Bertz CT molecular complexity index is 1130. The number of carbonyl (C=O) groups excluding carboxylic acids is 1. The van der Waals surface area contributed by atoms with Crippen molar-refractivity contribution in [3.8, 4) is 5.75 Å². The molecule has 0 bridgehead atoms. The molecule has 1 heterocycles. The fourth-order valence-corrected chi connectivity index (χ4v) is 4.49. The molecule has 0 fully saturated rings. The van der Waals surface area contributed by atoms with E-state index in [1.165, 1.54) is 0 Å². The van der Waals surface area contributed by atoms with Gasteiger partial charge in [-0.15, -0.1) is 0 Å². The van der Waals surface area contributed by atoms with Gasteiger partial charge in [-0.2, -0.15) is 13.2 Å². The van der Waals surface area contributed by atoms with Crippen LogP contribution in [-0.4, -0.2) is 38.2 Å². The molecule has 210 valence electrons. The van der Waals surface area contributed by atoms with E-state index in [2.05, 4.69) is 28.5 Å². The number of hydrogen-bond acceptors (Lipinski definition) is 8. The number of alkyl halides is 3. The number of carbonyl (C=O) groups is 2. The second-order valence-corrected chi connectivity index (χ2v) is 12.1. The van der Waals surface area contributed by atoms with Gasteiger partial charge in [-0.1, -0.05) is 13.8 Å². The first kappa shape index (κ1) is 31.2. The van der Waals surface area contributed by atoms with Gasteiger partial charge in [0.25, 0.3) is 0 Å². The standard InChI is InChI=1S/C26H34F3N3O5S/c1-23(2,3)37-19(33)12-13-24(4,5)15-25(6,7)36-16-8-10-17(11-9-16)38-32-22-30-14-18(21(34)35)20(31-22)26(27,28)29/h8-11,14H,12-13,15H2,1-7H3,(H,34,35)(H,30,31,32). The molecule has 0 spiro atoms. The molecule has 0 aliphatic rings. The van der Waals surface area contributed by atoms with Crippen molar-refractivity contribution in [1.82, 2.24) is 9.97 Å². The predicted molar refractivity (Wildman–Crippen MR) is 138 cm³/mol. The molecule has 38 heavy (non-hydrogen) atoms. The number of nitrogens with one attached hydrogen (secondary N) is 1. The van der Waals surface area contributed by atoms with Gasteiger partial charge in [-0.05, 0) is 89.1 Å². The molecule has 0 saturated heterocycles. The predicted octanol–water partition coefficient (Wildman–Crippen LogP) is 7.01. The minimum absolute atomic E-state index is 0.189. The van der Waals surface area contributed by atoms with Crippen LogP contribution in [0, 0.1) is 5.41 Å². The van der Waals surface area contributed by atoms with Crippen molar-refractivity contribution in [3.63, 3.8) is 0 Å². The van der Waals surface area contributed by atoms with Crippen molar-refractivity contribution in [2.45, 2.75) is 90.0 Å². The summed E-state index contributed by atoms with van der Waals surface area (Å²) in [4.78, 5) is 30.8. The third-order valence-corrected chi connectivity index (χ3v) is 5.89. The van der Waals surface area contributed by atoms with Gasteiger partial charge in [0.05, 0.1) is 0 Å². The largest absolute Gasteiger partial charge is 0.488 e. The smallest absolute Gasteiger partial charge is 0.434 e. The summed E-state index contributed by atoms with van der Waals surface area (Å²) in [6.45, 7) is 13.6. The quantitative estimate of drug-likeness (QED) is 0.223. The first-order valence-corrected chi connectivity index (χ1v) is 12.7. The fraction of sp³-hybridized carbons (Fsp3) is 0.538. The number of halogens is 3. The zero-order chi connectivity index (χ0) is 28.9. The molecule has 2 rings (SSSR count). The number of benzene rings is 1. The normalized spacial score (nSPS) is 12.7. The molecular formula is C26H34F3N3O5S. The summed E-state index contributed by atoms with van der Waals surface area (Å²) in [5.41, 5.74) is -3.80. The Morgan fingerprint density at radius 3 is 2.16 bits per heavy atom. The Morgan fingerprint density at radius 2 is 1.63 bits per heavy atom. The van der Waals surface area contributed by atoms with Gasteiger partial charge < -0.3 is 14.6 Å². The minimum Gasteiger partial charge on any atom is -0.488 e. The number of ether oxygens (including phenoxy) is 2. The Balaban J connectivity index is 1.96. The van der Waals surface area contributed by atoms with Crippen molar-refractivity contribution in [2.75, 3.05) is 4.72 Å². The van der Waals surface area contributed by atoms with Gasteiger partial charge in [-0.3, -0.25) is 9.52 Å². The van der Waals surface area contributed by atoms with Gasteiger partial charge >= 0.3 is 18.1 Å². The van der Waals surface area contributed by atoms with Crippen molar-refractivity contribution < 1.29 is 37.3 Å². The molecular weight excluding hydrogens is 523 g/mol. The molecule has 12 heteroatoms. The second kappa shape index (κ2) is 11.8. The molecule has 0 amide bonds. The van der Waals surface area contributed by atoms with Crippen molar-refractivity contribution in [2.24, 2.45) is 5.41 Å². The number of hydrogen-bond donors (Lipinski definition) is 2. The highest BCUT2D eigenvalue weighted by atomic mass is 32.2. The topological polar surface area (TPSA) is 111 Å². The number of anilines is 1. The maximum atomic E-state index is 13.1. The summed E-state index contributed by atoms with van der Waals surface area (Å²) < 4.78 is 53.6. The summed E-state index contributed by atoms with van der Waals surface area (Å²) in [5.74, 6) is -1.77. The van der Waals surface area contributed by atoms with Crippen LogP contribution in [-0.2, 0) is 15.7 Å². The molecule has 0 atom stereocenters. The zero-order valence-electron chi connectivity index (χ0n) is 22.5. The fourth-order valence-electron chi connectivity index (χ4n) is 3.91. The van der Waals surface area contributed by atoms with E-state index in [1.807, 2.05) is 34.6 Å². The molecule has 2 aromatic rings. The molecule has 2 N–H and O–H groups in total. The van der Waals surface area contributed by atoms with Crippen LogP contribution < -0.4 is 9.46 Å². The summed E-state index contributed by atoms with van der Waals surface area (Å²) >= 11 is 0.968. The van der Waals surface area contributed by atoms with Crippen molar-refractivity contribution in [3.05, 3.63) is 41.7 Å². The first-order chi connectivity index (χ1) is 17.3. The maximum absolute atomic E-state index is 13.1. The van der Waals surface area contributed by atoms with Gasteiger partial charge in [0, 0.05) is 17.5 Å². The zero-order valence-corrected chi connectivity index (χ0v) is 23.3. The second-order valence-electron chi connectivity index (χ2n) is 11.2. The SMILES string of the molecule is CC(C)(CCC(=O)OC(C)(C)C)CC(C)(C)Oc1ccc(SNc2ncc(C(=O)O)c(C(F)(F)F)n2)cc1. The van der Waals surface area contributed by atoms with Crippen LogP contribution in [0.2, 0.25) is 0 Å². The first-order valence-electron chi connectivity index (χ1n) is 11.9. The van der Waals surface area contributed by atoms with Crippen LogP contribution in [0.5, 0.6) is 5.75 Å². The van der Waals surface area contributed by atoms with E-state index in [0.29, 0.717) is 36.1 Å². The molecule has 8 nitrogen and oxygen atoms in total. The highest BCUT2D eigenvalue weighted by Gasteiger charge is 2.38. The number of nitrogens with zero attached hydrogens (tertiary/aromatic N) is 2. The molecule has 0 radical (unpaired) electrons. The van der Waals surface area contributed by atoms with E-state index in [9.17, 15) is 22.8 Å². The van der Waals surface area contributed by atoms with Crippen LogP contribution in [0.25, 0.3) is 0 Å². The highest BCUT2D eigenvalue weighted by Crippen LogP contribution is 2.36. The average Bonchev–Trinajstić information content (AvgIpc) is 2.74. The summed E-state index contributed by atoms with van der Waals surface area (Å²) in [5, 5.41) is 8.95. The average molecular weight is 558 g/mol. The van der Waals surface area contributed by atoms with E-state index in [0.717, 1.165) is 11.9 Å². The number of aromatic carboxylic acids is 1. The van der Waals surface area contributed by atoms with E-state index in [1.54, 1.807) is 24.3 Å². The summed E-state index contributed by atoms with van der Waals surface area (Å²) in [6, 6.07) is 6.89. The number of carboxylic acids is 1. The Kier molecular flexibility index (Phi) is 9.68. The Morgan fingerprint density at radius 1 is 1.03 bits per heavy atom. The molecule has 1 aromatic carbocycles. The third kappa shape index (κ3) is 10.4. The van der Waals surface area contributed by atoms with Crippen LogP contribution in [0.1, 0.15) is 83.8 Å². The number of aromatic nitrogens is 2. The van der Waals surface area contributed by atoms with E-state index in [4.69, 9.17) is 14.6 Å². The number of esters is 1. The Labute approximate surface area is 224 Å². The van der Waals surface area contributed by atoms with Gasteiger partial charge in [0.15, 0.2) is 5.69 Å². The Hall–Kier alpha value is -3.02. The van der Waals surface area contributed by atoms with Crippen molar-refractivity contribution >= 4 is 29.8 Å². The van der Waals surface area contributed by atoms with Crippen LogP contribution in [0.15, 0.2) is 35.4 Å². The maximum Gasteiger partial charge on any atom is 0.434 e. The van der Waals surface area contributed by atoms with Crippen LogP contribution in [0.3, 0.4) is 0 Å². The molecule has 0 aliphatic heterocycles. The molecule has 0 saturated carbocycles. The number of carboxylic acid groups (broad SMARTS) is 1. The van der Waals surface area contributed by atoms with Crippen molar-refractivity contribution in [1.29, 1.82) is 0 Å².